The van der Waals surface area contributed by atoms with Gasteiger partial charge >= 0.3 is 5.97 Å². The van der Waals surface area contributed by atoms with Gasteiger partial charge in [0.1, 0.15) is 5.75 Å². The van der Waals surface area contributed by atoms with Gasteiger partial charge in [-0.15, -0.1) is 0 Å². The Hall–Kier alpha value is -2.04. The topological polar surface area (TPSA) is 64.6 Å². The number of hydrogen-bond acceptors (Lipinski definition) is 4. The van der Waals surface area contributed by atoms with Gasteiger partial charge in [-0.25, -0.2) is 4.79 Å². The van der Waals surface area contributed by atoms with Gasteiger partial charge in [0.15, 0.2) is 5.60 Å². The third kappa shape index (κ3) is 1.47. The number of rotatable bonds is 1. The van der Waals surface area contributed by atoms with E-state index in [0.29, 0.717) is 17.0 Å². The Bertz CT molecular complexity index is 560. The lowest BCUT2D eigenvalue weighted by molar-refractivity contribution is -0.125. The maximum atomic E-state index is 11.8. The molecule has 1 heterocycles. The van der Waals surface area contributed by atoms with E-state index in [2.05, 4.69) is 5.32 Å². The predicted molar refractivity (Wildman–Crippen MR) is 63.7 cm³/mol. The number of methoxy groups -OCH3 is 1. The highest BCUT2D eigenvalue weighted by molar-refractivity contribution is 6.04. The Labute approximate surface area is 104 Å². The van der Waals surface area contributed by atoms with Crippen molar-refractivity contribution in [3.05, 3.63) is 23.3 Å². The fraction of sp³-hybridized carbons (Fsp3) is 0.385. The van der Waals surface area contributed by atoms with E-state index in [1.54, 1.807) is 12.1 Å². The Kier molecular flexibility index (Phi) is 2.14. The normalized spacial score (nSPS) is 18.7. The van der Waals surface area contributed by atoms with Crippen LogP contribution in [-0.4, -0.2) is 24.6 Å². The second-order valence-electron chi connectivity index (χ2n) is 4.71. The molecule has 1 amide bonds. The Morgan fingerprint density at radius 1 is 1.44 bits per heavy atom. The number of benzene rings is 1. The molecule has 1 fully saturated rings. The number of nitrogens with one attached hydrogen (secondary N) is 1. The summed E-state index contributed by atoms with van der Waals surface area (Å²) in [5.41, 5.74) is 1.08. The third-order valence-corrected chi connectivity index (χ3v) is 3.40. The van der Waals surface area contributed by atoms with Gasteiger partial charge in [0, 0.05) is 12.8 Å². The number of carbonyl (C=O) groups excluding carboxylic acids is 2. The second kappa shape index (κ2) is 3.48. The maximum absolute atomic E-state index is 11.8. The number of aryl methyl sites for hydroxylation is 1. The lowest BCUT2D eigenvalue weighted by Crippen LogP contribution is -2.39. The van der Waals surface area contributed by atoms with E-state index in [9.17, 15) is 9.59 Å². The number of amides is 1. The first-order valence-electron chi connectivity index (χ1n) is 5.79. The Morgan fingerprint density at radius 2 is 2.17 bits per heavy atom. The first-order valence-corrected chi connectivity index (χ1v) is 5.79. The number of fused-ring (bicyclic) bond motifs is 1. The molecule has 5 heteroatoms. The van der Waals surface area contributed by atoms with Gasteiger partial charge in [-0.3, -0.25) is 4.79 Å². The quantitative estimate of drug-likeness (QED) is 0.766. The highest BCUT2D eigenvalue weighted by Gasteiger charge is 2.55. The molecule has 1 saturated carbocycles. The van der Waals surface area contributed by atoms with E-state index in [0.717, 1.165) is 18.4 Å². The second-order valence-corrected chi connectivity index (χ2v) is 4.71. The largest absolute Gasteiger partial charge is 0.475 e. The molecule has 0 unspecified atom stereocenters. The summed E-state index contributed by atoms with van der Waals surface area (Å²) < 4.78 is 10.4. The summed E-state index contributed by atoms with van der Waals surface area (Å²) in [4.78, 5) is 23.4. The van der Waals surface area contributed by atoms with E-state index >= 15 is 0 Å². The summed E-state index contributed by atoms with van der Waals surface area (Å²) >= 11 is 0. The minimum Gasteiger partial charge on any atom is -0.475 e. The molecule has 18 heavy (non-hydrogen) atoms. The van der Waals surface area contributed by atoms with Crippen molar-refractivity contribution in [3.63, 3.8) is 0 Å². The van der Waals surface area contributed by atoms with Gasteiger partial charge in [0.05, 0.1) is 18.4 Å². The molecule has 5 nitrogen and oxygen atoms in total. The van der Waals surface area contributed by atoms with Crippen LogP contribution >= 0.6 is 0 Å². The summed E-state index contributed by atoms with van der Waals surface area (Å²) in [6.45, 7) is 1.81. The van der Waals surface area contributed by atoms with Crippen molar-refractivity contribution in [2.45, 2.75) is 25.4 Å². The Morgan fingerprint density at radius 3 is 2.78 bits per heavy atom. The fourth-order valence-corrected chi connectivity index (χ4v) is 2.13. The molecular weight excluding hydrogens is 234 g/mol. The molecule has 1 aliphatic carbocycles. The molecule has 1 N–H and O–H groups in total. The molecule has 3 rings (SSSR count). The fourth-order valence-electron chi connectivity index (χ4n) is 2.13. The molecule has 1 aromatic rings. The minimum absolute atomic E-state index is 0.130. The van der Waals surface area contributed by atoms with Crippen molar-refractivity contribution < 1.29 is 19.1 Å². The number of ether oxygens (including phenoxy) is 2. The van der Waals surface area contributed by atoms with E-state index in [-0.39, 0.29) is 5.91 Å². The van der Waals surface area contributed by atoms with Crippen LogP contribution < -0.4 is 10.1 Å². The van der Waals surface area contributed by atoms with Crippen LogP contribution in [0.5, 0.6) is 5.75 Å². The lowest BCUT2D eigenvalue weighted by Gasteiger charge is -2.26. The first-order chi connectivity index (χ1) is 8.55. The van der Waals surface area contributed by atoms with Gasteiger partial charge in [-0.1, -0.05) is 0 Å². The van der Waals surface area contributed by atoms with Crippen LogP contribution in [0.3, 0.4) is 0 Å². The van der Waals surface area contributed by atoms with E-state index < -0.39 is 11.6 Å². The zero-order valence-corrected chi connectivity index (χ0v) is 10.2. The van der Waals surface area contributed by atoms with Crippen LogP contribution in [0.25, 0.3) is 0 Å². The average molecular weight is 247 g/mol. The first kappa shape index (κ1) is 11.1. The van der Waals surface area contributed by atoms with Crippen LogP contribution in [0.4, 0.5) is 5.69 Å². The summed E-state index contributed by atoms with van der Waals surface area (Å²) in [6, 6.07) is 3.37. The number of anilines is 1. The number of hydrogen-bond donors (Lipinski definition) is 1. The van der Waals surface area contributed by atoms with E-state index in [1.807, 2.05) is 6.92 Å². The molecule has 2 aliphatic rings. The molecule has 1 aromatic carbocycles. The van der Waals surface area contributed by atoms with Gasteiger partial charge in [-0.2, -0.15) is 0 Å². The van der Waals surface area contributed by atoms with Gasteiger partial charge in [0.25, 0.3) is 5.91 Å². The predicted octanol–water partition coefficient (Wildman–Crippen LogP) is 1.65. The molecule has 1 spiro atoms. The SMILES string of the molecule is COC(=O)c1cc2c(cc1C)OC1(CC1)C(=O)N2. The molecule has 0 radical (unpaired) electrons. The lowest BCUT2D eigenvalue weighted by atomic mass is 10.1. The smallest absolute Gasteiger partial charge is 0.338 e. The van der Waals surface area contributed by atoms with Crippen molar-refractivity contribution in [2.24, 2.45) is 0 Å². The zero-order valence-electron chi connectivity index (χ0n) is 10.2. The highest BCUT2D eigenvalue weighted by Crippen LogP contribution is 2.47. The standard InChI is InChI=1S/C13H13NO4/c1-7-5-10-9(6-8(7)11(15)17-2)14-12(16)13(18-10)3-4-13/h5-6H,3-4H2,1-2H3,(H,14,16). The third-order valence-electron chi connectivity index (χ3n) is 3.40. The van der Waals surface area contributed by atoms with E-state index in [4.69, 9.17) is 9.47 Å². The molecule has 1 aliphatic heterocycles. The molecular formula is C13H13NO4. The molecule has 94 valence electrons. The summed E-state index contributed by atoms with van der Waals surface area (Å²) in [7, 11) is 1.33. The van der Waals surface area contributed by atoms with Crippen LogP contribution in [0.1, 0.15) is 28.8 Å². The van der Waals surface area contributed by atoms with Crippen LogP contribution in [0, 0.1) is 6.92 Å². The van der Waals surface area contributed by atoms with E-state index in [1.165, 1.54) is 7.11 Å². The molecule has 0 atom stereocenters. The van der Waals surface area contributed by atoms with Gasteiger partial charge in [0.2, 0.25) is 0 Å². The average Bonchev–Trinajstić information content (AvgIpc) is 3.11. The van der Waals surface area contributed by atoms with Crippen molar-refractivity contribution in [3.8, 4) is 5.75 Å². The summed E-state index contributed by atoms with van der Waals surface area (Å²) in [6.07, 6.45) is 1.49. The van der Waals surface area contributed by atoms with Crippen molar-refractivity contribution in [2.75, 3.05) is 12.4 Å². The minimum atomic E-state index is -0.660. The maximum Gasteiger partial charge on any atom is 0.338 e. The molecule has 0 saturated heterocycles. The number of carbonyl (C=O) groups is 2. The summed E-state index contributed by atoms with van der Waals surface area (Å²) in [5.74, 6) is 0.0724. The van der Waals surface area contributed by atoms with Crippen molar-refractivity contribution in [1.29, 1.82) is 0 Å². The van der Waals surface area contributed by atoms with Gasteiger partial charge < -0.3 is 14.8 Å². The molecule has 0 aromatic heterocycles. The van der Waals surface area contributed by atoms with Gasteiger partial charge in [-0.05, 0) is 24.6 Å². The highest BCUT2D eigenvalue weighted by atomic mass is 16.5. The summed E-state index contributed by atoms with van der Waals surface area (Å²) in [5, 5.41) is 2.79. The number of esters is 1. The Balaban J connectivity index is 2.04. The monoisotopic (exact) mass is 247 g/mol. The van der Waals surface area contributed by atoms with Crippen LogP contribution in [0.15, 0.2) is 12.1 Å². The van der Waals surface area contributed by atoms with Crippen molar-refractivity contribution >= 4 is 17.6 Å². The van der Waals surface area contributed by atoms with Crippen LogP contribution in [0.2, 0.25) is 0 Å². The van der Waals surface area contributed by atoms with Crippen LogP contribution in [-0.2, 0) is 9.53 Å². The molecule has 0 bridgehead atoms. The zero-order chi connectivity index (χ0) is 12.9. The van der Waals surface area contributed by atoms with Crippen molar-refractivity contribution in [1.82, 2.24) is 0 Å².